The molecule has 1 saturated heterocycles. The highest BCUT2D eigenvalue weighted by Gasteiger charge is 2.32. The first-order valence-electron chi connectivity index (χ1n) is 6.64. The van der Waals surface area contributed by atoms with E-state index in [1.807, 2.05) is 6.92 Å². The van der Waals surface area contributed by atoms with Gasteiger partial charge in [0.1, 0.15) is 6.04 Å². The lowest BCUT2D eigenvalue weighted by Crippen LogP contribution is -2.56. The fraction of sp³-hybridized carbons (Fsp3) is 0.429. The van der Waals surface area contributed by atoms with Crippen molar-refractivity contribution < 1.29 is 9.59 Å². The number of anilines is 1. The lowest BCUT2D eigenvalue weighted by molar-refractivity contribution is -0.127. The van der Waals surface area contributed by atoms with Crippen molar-refractivity contribution in [2.75, 3.05) is 25.5 Å². The molecule has 1 aromatic carbocycles. The summed E-state index contributed by atoms with van der Waals surface area (Å²) in [6.45, 7) is 2.89. The molecule has 0 aromatic heterocycles. The van der Waals surface area contributed by atoms with E-state index in [1.165, 1.54) is 0 Å². The maximum atomic E-state index is 12.7. The molecule has 2 rings (SSSR count). The zero-order chi connectivity index (χ0) is 14.7. The highest BCUT2D eigenvalue weighted by Crippen LogP contribution is 2.23. The van der Waals surface area contributed by atoms with Crippen LogP contribution in [-0.4, -0.2) is 42.9 Å². The van der Waals surface area contributed by atoms with Crippen molar-refractivity contribution in [2.45, 2.75) is 19.4 Å². The molecule has 1 atom stereocenters. The second-order valence-electron chi connectivity index (χ2n) is 4.65. The molecule has 1 heterocycles. The van der Waals surface area contributed by atoms with Crippen LogP contribution in [0.25, 0.3) is 0 Å². The van der Waals surface area contributed by atoms with Gasteiger partial charge in [-0.3, -0.25) is 9.59 Å². The van der Waals surface area contributed by atoms with Crippen LogP contribution in [0.1, 0.15) is 23.7 Å². The Balaban J connectivity index is 2.34. The molecule has 108 valence electrons. The molecule has 1 unspecified atom stereocenters. The minimum absolute atomic E-state index is 0.0971. The normalized spacial score (nSPS) is 18.6. The van der Waals surface area contributed by atoms with Crippen molar-refractivity contribution in [1.29, 1.82) is 0 Å². The van der Waals surface area contributed by atoms with E-state index in [1.54, 1.807) is 30.1 Å². The summed E-state index contributed by atoms with van der Waals surface area (Å²) in [6.07, 6.45) is 0.590. The van der Waals surface area contributed by atoms with Crippen LogP contribution in [0.4, 0.5) is 5.69 Å². The van der Waals surface area contributed by atoms with Gasteiger partial charge in [-0.25, -0.2) is 0 Å². The van der Waals surface area contributed by atoms with Crippen LogP contribution in [0, 0.1) is 0 Å². The van der Waals surface area contributed by atoms with Crippen LogP contribution in [-0.2, 0) is 4.79 Å². The van der Waals surface area contributed by atoms with E-state index in [0.717, 1.165) is 0 Å². The summed E-state index contributed by atoms with van der Waals surface area (Å²) in [4.78, 5) is 26.2. The van der Waals surface area contributed by atoms with Gasteiger partial charge in [-0.2, -0.15) is 0 Å². The molecule has 0 radical (unpaired) electrons. The number of amides is 2. The third kappa shape index (κ3) is 2.72. The molecule has 0 spiro atoms. The smallest absolute Gasteiger partial charge is 0.256 e. The highest BCUT2D eigenvalue weighted by molar-refractivity contribution is 6.31. The van der Waals surface area contributed by atoms with Crippen molar-refractivity contribution in [3.8, 4) is 0 Å². The standard InChI is InChI=1S/C14H18ClN3O2/c1-3-12-13(19)17-6-7-18(12)14(20)10-8-9(15)4-5-11(10)16-2/h4-5,8,12,16H,3,6-7H2,1-2H3,(H,17,19). The van der Waals surface area contributed by atoms with Crippen molar-refractivity contribution in [3.63, 3.8) is 0 Å². The SMILES string of the molecule is CCC1C(=O)NCCN1C(=O)c1cc(Cl)ccc1NC. The van der Waals surface area contributed by atoms with E-state index >= 15 is 0 Å². The molecule has 1 aliphatic rings. The Bertz CT molecular complexity index is 533. The first kappa shape index (κ1) is 14.7. The first-order valence-corrected chi connectivity index (χ1v) is 7.02. The molecule has 1 aliphatic heterocycles. The van der Waals surface area contributed by atoms with Gasteiger partial charge in [-0.05, 0) is 24.6 Å². The van der Waals surface area contributed by atoms with Gasteiger partial charge in [0.15, 0.2) is 0 Å². The minimum Gasteiger partial charge on any atom is -0.387 e. The second kappa shape index (κ2) is 6.13. The van der Waals surface area contributed by atoms with Crippen molar-refractivity contribution in [2.24, 2.45) is 0 Å². The molecule has 0 saturated carbocycles. The Morgan fingerprint density at radius 1 is 1.55 bits per heavy atom. The summed E-state index contributed by atoms with van der Waals surface area (Å²) < 4.78 is 0. The lowest BCUT2D eigenvalue weighted by atomic mass is 10.1. The zero-order valence-corrected chi connectivity index (χ0v) is 12.3. The molecular formula is C14H18ClN3O2. The molecule has 6 heteroatoms. The molecule has 2 N–H and O–H groups in total. The van der Waals surface area contributed by atoms with Gasteiger partial charge in [0.05, 0.1) is 5.56 Å². The molecule has 20 heavy (non-hydrogen) atoms. The van der Waals surface area contributed by atoms with Gasteiger partial charge in [0, 0.05) is 30.8 Å². The number of nitrogens with one attached hydrogen (secondary N) is 2. The van der Waals surface area contributed by atoms with Crippen LogP contribution in [0.5, 0.6) is 0 Å². The molecule has 1 aromatic rings. The van der Waals surface area contributed by atoms with E-state index in [0.29, 0.717) is 35.8 Å². The number of rotatable bonds is 3. The zero-order valence-electron chi connectivity index (χ0n) is 11.6. The minimum atomic E-state index is -0.417. The molecule has 0 bridgehead atoms. The predicted molar refractivity (Wildman–Crippen MR) is 79.1 cm³/mol. The number of piperazine rings is 1. The fourth-order valence-electron chi connectivity index (χ4n) is 2.43. The van der Waals surface area contributed by atoms with Crippen molar-refractivity contribution in [3.05, 3.63) is 28.8 Å². The van der Waals surface area contributed by atoms with Gasteiger partial charge in [-0.15, -0.1) is 0 Å². The number of hydrogen-bond acceptors (Lipinski definition) is 3. The Morgan fingerprint density at radius 3 is 2.95 bits per heavy atom. The average Bonchev–Trinajstić information content (AvgIpc) is 2.46. The molecule has 1 fully saturated rings. The Kier molecular flexibility index (Phi) is 4.49. The van der Waals surface area contributed by atoms with Gasteiger partial charge in [-0.1, -0.05) is 18.5 Å². The van der Waals surface area contributed by atoms with Gasteiger partial charge in [0.25, 0.3) is 5.91 Å². The lowest BCUT2D eigenvalue weighted by Gasteiger charge is -2.35. The quantitative estimate of drug-likeness (QED) is 0.893. The summed E-state index contributed by atoms with van der Waals surface area (Å²) in [7, 11) is 1.75. The number of benzene rings is 1. The number of nitrogens with zero attached hydrogens (tertiary/aromatic N) is 1. The van der Waals surface area contributed by atoms with Crippen molar-refractivity contribution in [1.82, 2.24) is 10.2 Å². The van der Waals surface area contributed by atoms with Crippen LogP contribution < -0.4 is 10.6 Å². The van der Waals surface area contributed by atoms with E-state index in [-0.39, 0.29) is 11.8 Å². The average molecular weight is 296 g/mol. The summed E-state index contributed by atoms with van der Waals surface area (Å²) in [6, 6.07) is 4.71. The molecule has 5 nitrogen and oxygen atoms in total. The number of hydrogen-bond donors (Lipinski definition) is 2. The fourth-order valence-corrected chi connectivity index (χ4v) is 2.60. The van der Waals surface area contributed by atoms with E-state index < -0.39 is 6.04 Å². The number of halogens is 1. The maximum Gasteiger partial charge on any atom is 0.256 e. The van der Waals surface area contributed by atoms with E-state index in [2.05, 4.69) is 10.6 Å². The van der Waals surface area contributed by atoms with Crippen LogP contribution in [0.3, 0.4) is 0 Å². The molecular weight excluding hydrogens is 278 g/mol. The summed E-state index contributed by atoms with van der Waals surface area (Å²) in [5.41, 5.74) is 1.20. The highest BCUT2D eigenvalue weighted by atomic mass is 35.5. The second-order valence-corrected chi connectivity index (χ2v) is 5.09. The van der Waals surface area contributed by atoms with E-state index in [4.69, 9.17) is 11.6 Å². The van der Waals surface area contributed by atoms with Crippen molar-refractivity contribution >= 4 is 29.1 Å². The Labute approximate surface area is 123 Å². The van der Waals surface area contributed by atoms with Crippen LogP contribution in [0.15, 0.2) is 18.2 Å². The monoisotopic (exact) mass is 295 g/mol. The predicted octanol–water partition coefficient (Wildman–Crippen LogP) is 1.73. The summed E-state index contributed by atoms with van der Waals surface area (Å²) >= 11 is 5.98. The topological polar surface area (TPSA) is 61.4 Å². The van der Waals surface area contributed by atoms with Gasteiger partial charge in [0.2, 0.25) is 5.91 Å². The van der Waals surface area contributed by atoms with E-state index in [9.17, 15) is 9.59 Å². The first-order chi connectivity index (χ1) is 9.58. The maximum absolute atomic E-state index is 12.7. The Morgan fingerprint density at radius 2 is 2.30 bits per heavy atom. The molecule has 2 amide bonds. The molecule has 0 aliphatic carbocycles. The third-order valence-electron chi connectivity index (χ3n) is 3.46. The number of carbonyl (C=O) groups is 2. The van der Waals surface area contributed by atoms with Gasteiger partial charge >= 0.3 is 0 Å². The Hall–Kier alpha value is -1.75. The summed E-state index contributed by atoms with van der Waals surface area (Å²) in [5, 5.41) is 6.27. The van der Waals surface area contributed by atoms with Gasteiger partial charge < -0.3 is 15.5 Å². The number of carbonyl (C=O) groups excluding carboxylic acids is 2. The van der Waals surface area contributed by atoms with Crippen LogP contribution >= 0.6 is 11.6 Å². The van der Waals surface area contributed by atoms with Crippen LogP contribution in [0.2, 0.25) is 5.02 Å². The summed E-state index contributed by atoms with van der Waals surface area (Å²) in [5.74, 6) is -0.265. The third-order valence-corrected chi connectivity index (χ3v) is 3.69. The largest absolute Gasteiger partial charge is 0.387 e.